The maximum Gasteiger partial charge on any atom is 0.318 e. The van der Waals surface area contributed by atoms with E-state index in [-0.39, 0.29) is 18.0 Å². The summed E-state index contributed by atoms with van der Waals surface area (Å²) in [6.07, 6.45) is 0.451. The first-order chi connectivity index (χ1) is 12.1. The number of amides is 3. The molecule has 0 saturated heterocycles. The van der Waals surface area contributed by atoms with Crippen molar-refractivity contribution >= 4 is 17.6 Å². The van der Waals surface area contributed by atoms with Gasteiger partial charge in [0.1, 0.15) is 0 Å². The van der Waals surface area contributed by atoms with Gasteiger partial charge in [0.05, 0.1) is 6.04 Å². The van der Waals surface area contributed by atoms with Crippen molar-refractivity contribution in [1.82, 2.24) is 10.2 Å². The quantitative estimate of drug-likeness (QED) is 0.891. The maximum atomic E-state index is 12.5. The van der Waals surface area contributed by atoms with Crippen LogP contribution in [0.4, 0.5) is 10.5 Å². The van der Waals surface area contributed by atoms with Gasteiger partial charge < -0.3 is 15.5 Å². The lowest BCUT2D eigenvalue weighted by Gasteiger charge is -2.21. The lowest BCUT2D eigenvalue weighted by molar-refractivity contribution is -0.115. The SMILES string of the molecule is CCC(=O)Nc1ccc([C@@H](C)NC(=O)N2Cc3ccccc3C2)cc1. The summed E-state index contributed by atoms with van der Waals surface area (Å²) < 4.78 is 0. The van der Waals surface area contributed by atoms with E-state index in [0.717, 1.165) is 11.3 Å². The Bertz CT molecular complexity index is 746. The fraction of sp³-hybridized carbons (Fsp3) is 0.300. The molecule has 1 atom stereocenters. The Hall–Kier alpha value is -2.82. The summed E-state index contributed by atoms with van der Waals surface area (Å²) in [5.41, 5.74) is 4.19. The zero-order valence-electron chi connectivity index (χ0n) is 14.6. The highest BCUT2D eigenvalue weighted by molar-refractivity contribution is 5.90. The number of carbonyl (C=O) groups excluding carboxylic acids is 2. The number of benzene rings is 2. The van der Waals surface area contributed by atoms with Crippen LogP contribution in [0.5, 0.6) is 0 Å². The Morgan fingerprint density at radius 1 is 1.04 bits per heavy atom. The Morgan fingerprint density at radius 3 is 2.20 bits per heavy atom. The van der Waals surface area contributed by atoms with Gasteiger partial charge in [-0.15, -0.1) is 0 Å². The Kier molecular flexibility index (Phi) is 5.03. The normalized spacial score (nSPS) is 13.9. The van der Waals surface area contributed by atoms with Crippen molar-refractivity contribution in [2.24, 2.45) is 0 Å². The summed E-state index contributed by atoms with van der Waals surface area (Å²) in [4.78, 5) is 25.7. The van der Waals surface area contributed by atoms with Gasteiger partial charge in [0, 0.05) is 25.2 Å². The van der Waals surface area contributed by atoms with Gasteiger partial charge in [0.15, 0.2) is 0 Å². The first-order valence-electron chi connectivity index (χ1n) is 8.59. The molecule has 3 rings (SSSR count). The second kappa shape index (κ2) is 7.38. The molecule has 0 aliphatic carbocycles. The van der Waals surface area contributed by atoms with Crippen molar-refractivity contribution < 1.29 is 9.59 Å². The highest BCUT2D eigenvalue weighted by atomic mass is 16.2. The second-order valence-electron chi connectivity index (χ2n) is 6.32. The molecule has 5 heteroatoms. The van der Waals surface area contributed by atoms with Gasteiger partial charge in [-0.05, 0) is 35.7 Å². The van der Waals surface area contributed by atoms with Gasteiger partial charge >= 0.3 is 6.03 Å². The number of hydrogen-bond acceptors (Lipinski definition) is 2. The van der Waals surface area contributed by atoms with Gasteiger partial charge in [-0.25, -0.2) is 4.79 Å². The molecule has 1 heterocycles. The largest absolute Gasteiger partial charge is 0.331 e. The minimum Gasteiger partial charge on any atom is -0.331 e. The predicted molar refractivity (Wildman–Crippen MR) is 98.0 cm³/mol. The molecule has 130 valence electrons. The molecule has 2 N–H and O–H groups in total. The van der Waals surface area contributed by atoms with Crippen LogP contribution in [0.25, 0.3) is 0 Å². The number of rotatable bonds is 4. The van der Waals surface area contributed by atoms with Gasteiger partial charge in [-0.1, -0.05) is 43.3 Å². The Morgan fingerprint density at radius 2 is 1.64 bits per heavy atom. The van der Waals surface area contributed by atoms with Crippen LogP contribution in [0.1, 0.15) is 43.0 Å². The van der Waals surface area contributed by atoms with E-state index in [0.29, 0.717) is 19.5 Å². The van der Waals surface area contributed by atoms with Crippen LogP contribution in [-0.4, -0.2) is 16.8 Å². The van der Waals surface area contributed by atoms with Crippen LogP contribution < -0.4 is 10.6 Å². The third kappa shape index (κ3) is 3.99. The first-order valence-corrected chi connectivity index (χ1v) is 8.59. The summed E-state index contributed by atoms with van der Waals surface area (Å²) in [6, 6.07) is 15.5. The van der Waals surface area contributed by atoms with Crippen LogP contribution in [0, 0.1) is 0 Å². The molecule has 0 aromatic heterocycles. The monoisotopic (exact) mass is 337 g/mol. The maximum absolute atomic E-state index is 12.5. The van der Waals surface area contributed by atoms with E-state index in [2.05, 4.69) is 22.8 Å². The molecule has 0 radical (unpaired) electrons. The zero-order valence-corrected chi connectivity index (χ0v) is 14.6. The number of anilines is 1. The van der Waals surface area contributed by atoms with Crippen molar-refractivity contribution in [1.29, 1.82) is 0 Å². The third-order valence-corrected chi connectivity index (χ3v) is 4.48. The van der Waals surface area contributed by atoms with Crippen molar-refractivity contribution in [3.8, 4) is 0 Å². The van der Waals surface area contributed by atoms with Gasteiger partial charge in [-0.3, -0.25) is 4.79 Å². The number of fused-ring (bicyclic) bond motifs is 1. The van der Waals surface area contributed by atoms with Crippen LogP contribution in [0.3, 0.4) is 0 Å². The topological polar surface area (TPSA) is 61.4 Å². The number of nitrogens with one attached hydrogen (secondary N) is 2. The molecule has 0 bridgehead atoms. The van der Waals surface area contributed by atoms with Crippen LogP contribution in [-0.2, 0) is 17.9 Å². The average molecular weight is 337 g/mol. The van der Waals surface area contributed by atoms with Crippen molar-refractivity contribution in [2.75, 3.05) is 5.32 Å². The standard InChI is InChI=1S/C20H23N3O2/c1-3-19(24)22-18-10-8-15(9-11-18)14(2)21-20(25)23-12-16-6-4-5-7-17(16)13-23/h4-11,14H,3,12-13H2,1-2H3,(H,21,25)(H,22,24)/t14-/m1/s1. The molecule has 5 nitrogen and oxygen atoms in total. The number of urea groups is 1. The number of carbonyl (C=O) groups is 2. The van der Waals surface area contributed by atoms with Gasteiger partial charge in [0.2, 0.25) is 5.91 Å². The first kappa shape index (κ1) is 17.0. The van der Waals surface area contributed by atoms with Gasteiger partial charge in [0.25, 0.3) is 0 Å². The lowest BCUT2D eigenvalue weighted by atomic mass is 10.1. The van der Waals surface area contributed by atoms with Crippen molar-refractivity contribution in [2.45, 2.75) is 39.4 Å². The second-order valence-corrected chi connectivity index (χ2v) is 6.32. The van der Waals surface area contributed by atoms with Crippen LogP contribution in [0.2, 0.25) is 0 Å². The lowest BCUT2D eigenvalue weighted by Crippen LogP contribution is -2.37. The minimum absolute atomic E-state index is 0.0114. The Labute approximate surface area is 148 Å². The highest BCUT2D eigenvalue weighted by Crippen LogP contribution is 2.23. The van der Waals surface area contributed by atoms with E-state index < -0.39 is 0 Å². The molecule has 0 unspecified atom stereocenters. The van der Waals surface area contributed by atoms with Crippen molar-refractivity contribution in [3.05, 3.63) is 65.2 Å². The van der Waals surface area contributed by atoms with E-state index >= 15 is 0 Å². The molecular formula is C20H23N3O2. The number of nitrogens with zero attached hydrogens (tertiary/aromatic N) is 1. The molecule has 0 spiro atoms. The van der Waals surface area contributed by atoms with E-state index in [1.165, 1.54) is 11.1 Å². The molecule has 0 saturated carbocycles. The van der Waals surface area contributed by atoms with E-state index in [1.54, 1.807) is 0 Å². The molecule has 2 aromatic carbocycles. The van der Waals surface area contributed by atoms with Crippen LogP contribution >= 0.6 is 0 Å². The van der Waals surface area contributed by atoms with E-state index in [9.17, 15) is 9.59 Å². The molecule has 25 heavy (non-hydrogen) atoms. The molecule has 0 fully saturated rings. The summed E-state index contributed by atoms with van der Waals surface area (Å²) in [5.74, 6) is -0.0114. The minimum atomic E-state index is -0.105. The highest BCUT2D eigenvalue weighted by Gasteiger charge is 2.23. The van der Waals surface area contributed by atoms with Crippen molar-refractivity contribution in [3.63, 3.8) is 0 Å². The molecule has 1 aliphatic heterocycles. The summed E-state index contributed by atoms with van der Waals surface area (Å²) in [7, 11) is 0. The molecule has 3 amide bonds. The predicted octanol–water partition coefficient (Wildman–Crippen LogP) is 3.82. The Balaban J connectivity index is 1.58. The fourth-order valence-electron chi connectivity index (χ4n) is 2.94. The molecule has 2 aromatic rings. The van der Waals surface area contributed by atoms with Crippen LogP contribution in [0.15, 0.2) is 48.5 Å². The summed E-state index contributed by atoms with van der Waals surface area (Å²) >= 11 is 0. The summed E-state index contributed by atoms with van der Waals surface area (Å²) in [5, 5.41) is 5.86. The summed E-state index contributed by atoms with van der Waals surface area (Å²) in [6.45, 7) is 5.08. The zero-order chi connectivity index (χ0) is 17.8. The molecular weight excluding hydrogens is 314 g/mol. The third-order valence-electron chi connectivity index (χ3n) is 4.48. The van der Waals surface area contributed by atoms with Gasteiger partial charge in [-0.2, -0.15) is 0 Å². The smallest absolute Gasteiger partial charge is 0.318 e. The van der Waals surface area contributed by atoms with E-state index in [1.807, 2.05) is 55.1 Å². The fourth-order valence-corrected chi connectivity index (χ4v) is 2.94. The van der Waals surface area contributed by atoms with E-state index in [4.69, 9.17) is 0 Å². The molecule has 1 aliphatic rings. The average Bonchev–Trinajstić information content (AvgIpc) is 3.06. The number of hydrogen-bond donors (Lipinski definition) is 2.